The quantitative estimate of drug-likeness (QED) is 0.738. The number of phenols is 1. The van der Waals surface area contributed by atoms with E-state index in [0.717, 1.165) is 36.2 Å². The maximum Gasteiger partial charge on any atom is 0.162 e. The van der Waals surface area contributed by atoms with Crippen molar-refractivity contribution >= 4 is 15.9 Å². The molecule has 0 bridgehead atoms. The van der Waals surface area contributed by atoms with Gasteiger partial charge in [-0.25, -0.2) is 0 Å². The van der Waals surface area contributed by atoms with Crippen molar-refractivity contribution in [2.75, 3.05) is 39.9 Å². The summed E-state index contributed by atoms with van der Waals surface area (Å²) in [4.78, 5) is 2.31. The summed E-state index contributed by atoms with van der Waals surface area (Å²) >= 11 is 3.48. The minimum atomic E-state index is -0.388. The van der Waals surface area contributed by atoms with Gasteiger partial charge in [-0.3, -0.25) is 4.90 Å². The van der Waals surface area contributed by atoms with Crippen LogP contribution in [0.15, 0.2) is 16.6 Å². The molecule has 3 N–H and O–H groups in total. The Balaban J connectivity index is 2.51. The molecule has 124 valence electrons. The van der Waals surface area contributed by atoms with Crippen molar-refractivity contribution in [3.05, 3.63) is 22.2 Å². The van der Waals surface area contributed by atoms with Crippen LogP contribution in [0.5, 0.6) is 11.5 Å². The standard InChI is InChI=1S/C16H25BrN2O3/c1-16(2,10-20)15(19-6-4-18-5-7-19)12-8-11(17)9-13(22-3)14(12)21/h8-9,15,18,20-21H,4-7,10H2,1-3H3/t15-/m0/s1. The van der Waals surface area contributed by atoms with Crippen LogP contribution in [0.2, 0.25) is 0 Å². The van der Waals surface area contributed by atoms with Crippen molar-refractivity contribution in [1.82, 2.24) is 10.2 Å². The highest BCUT2D eigenvalue weighted by atomic mass is 79.9. The molecule has 1 saturated heterocycles. The Hall–Kier alpha value is -0.820. The molecule has 0 saturated carbocycles. The van der Waals surface area contributed by atoms with Crippen LogP contribution in [0.3, 0.4) is 0 Å². The van der Waals surface area contributed by atoms with Crippen LogP contribution in [-0.4, -0.2) is 55.0 Å². The highest BCUT2D eigenvalue weighted by Gasteiger charge is 2.38. The van der Waals surface area contributed by atoms with Gasteiger partial charge in [0.05, 0.1) is 7.11 Å². The number of hydrogen-bond acceptors (Lipinski definition) is 5. The summed E-state index contributed by atoms with van der Waals surface area (Å²) in [6, 6.07) is 3.58. The van der Waals surface area contributed by atoms with Gasteiger partial charge in [0, 0.05) is 54.3 Å². The van der Waals surface area contributed by atoms with Crippen molar-refractivity contribution in [1.29, 1.82) is 0 Å². The van der Waals surface area contributed by atoms with E-state index in [2.05, 4.69) is 26.1 Å². The fraction of sp³-hybridized carbons (Fsp3) is 0.625. The summed E-state index contributed by atoms with van der Waals surface area (Å²) < 4.78 is 6.13. The van der Waals surface area contributed by atoms with Gasteiger partial charge in [-0.1, -0.05) is 29.8 Å². The van der Waals surface area contributed by atoms with Crippen LogP contribution >= 0.6 is 15.9 Å². The zero-order valence-corrected chi connectivity index (χ0v) is 15.0. The summed E-state index contributed by atoms with van der Waals surface area (Å²) in [7, 11) is 1.54. The van der Waals surface area contributed by atoms with Gasteiger partial charge in [0.15, 0.2) is 11.5 Å². The minimum absolute atomic E-state index is 0.0376. The van der Waals surface area contributed by atoms with Crippen LogP contribution < -0.4 is 10.1 Å². The molecule has 6 heteroatoms. The summed E-state index contributed by atoms with van der Waals surface area (Å²) in [5.74, 6) is 0.592. The third kappa shape index (κ3) is 3.56. The Bertz CT molecular complexity index is 516. The molecule has 0 spiro atoms. The zero-order chi connectivity index (χ0) is 16.3. The first-order valence-electron chi connectivity index (χ1n) is 7.52. The summed E-state index contributed by atoms with van der Waals surface area (Å²) in [5, 5.41) is 23.8. The van der Waals surface area contributed by atoms with Gasteiger partial charge in [0.2, 0.25) is 0 Å². The van der Waals surface area contributed by atoms with E-state index in [1.165, 1.54) is 0 Å². The molecule has 1 aromatic rings. The molecule has 0 unspecified atom stereocenters. The van der Waals surface area contributed by atoms with Crippen LogP contribution in [0.1, 0.15) is 25.5 Å². The van der Waals surface area contributed by atoms with Crippen molar-refractivity contribution < 1.29 is 14.9 Å². The van der Waals surface area contributed by atoms with Crippen LogP contribution in [0.25, 0.3) is 0 Å². The lowest BCUT2D eigenvalue weighted by molar-refractivity contribution is 0.0291. The molecular formula is C16H25BrN2O3. The molecule has 0 aliphatic carbocycles. The number of piperazine rings is 1. The minimum Gasteiger partial charge on any atom is -0.504 e. The molecule has 5 nitrogen and oxygen atoms in total. The Morgan fingerprint density at radius 1 is 1.36 bits per heavy atom. The average Bonchev–Trinajstić information content (AvgIpc) is 2.51. The SMILES string of the molecule is COc1cc(Br)cc([C@H](N2CCNCC2)C(C)(C)CO)c1O. The van der Waals surface area contributed by atoms with Gasteiger partial charge in [-0.2, -0.15) is 0 Å². The summed E-state index contributed by atoms with van der Waals surface area (Å²) in [5.41, 5.74) is 0.396. The maximum atomic E-state index is 10.6. The van der Waals surface area contributed by atoms with Gasteiger partial charge < -0.3 is 20.3 Å². The van der Waals surface area contributed by atoms with E-state index in [4.69, 9.17) is 4.74 Å². The number of methoxy groups -OCH3 is 1. The summed E-state index contributed by atoms with van der Waals surface area (Å²) in [6.07, 6.45) is 0. The maximum absolute atomic E-state index is 10.6. The molecule has 0 amide bonds. The lowest BCUT2D eigenvalue weighted by Crippen LogP contribution is -2.49. The first-order valence-corrected chi connectivity index (χ1v) is 8.32. The fourth-order valence-electron chi connectivity index (χ4n) is 3.10. The molecule has 0 aromatic heterocycles. The largest absolute Gasteiger partial charge is 0.504 e. The molecule has 0 radical (unpaired) electrons. The van der Waals surface area contributed by atoms with E-state index >= 15 is 0 Å². The summed E-state index contributed by atoms with van der Waals surface area (Å²) in [6.45, 7) is 7.65. The highest BCUT2D eigenvalue weighted by Crippen LogP contribution is 2.46. The zero-order valence-electron chi connectivity index (χ0n) is 13.4. The first-order chi connectivity index (χ1) is 10.4. The van der Waals surface area contributed by atoms with E-state index in [1.54, 1.807) is 13.2 Å². The van der Waals surface area contributed by atoms with E-state index in [1.807, 2.05) is 19.9 Å². The second-order valence-electron chi connectivity index (χ2n) is 6.38. The second kappa shape index (κ2) is 7.17. The average molecular weight is 373 g/mol. The third-order valence-electron chi connectivity index (χ3n) is 4.25. The number of aliphatic hydroxyl groups is 1. The molecule has 1 aliphatic heterocycles. The fourth-order valence-corrected chi connectivity index (χ4v) is 3.55. The van der Waals surface area contributed by atoms with Crippen LogP contribution in [-0.2, 0) is 0 Å². The molecule has 1 atom stereocenters. The molecule has 1 aromatic carbocycles. The van der Waals surface area contributed by atoms with Gasteiger partial charge in [0.25, 0.3) is 0 Å². The first kappa shape index (κ1) is 17.5. The second-order valence-corrected chi connectivity index (χ2v) is 7.30. The lowest BCUT2D eigenvalue weighted by atomic mass is 9.79. The highest BCUT2D eigenvalue weighted by molar-refractivity contribution is 9.10. The predicted octanol–water partition coefficient (Wildman–Crippen LogP) is 2.13. The number of halogens is 1. The number of nitrogens with zero attached hydrogens (tertiary/aromatic N) is 1. The van der Waals surface area contributed by atoms with Crippen molar-refractivity contribution in [3.63, 3.8) is 0 Å². The van der Waals surface area contributed by atoms with Gasteiger partial charge in [-0.15, -0.1) is 0 Å². The van der Waals surface area contributed by atoms with Gasteiger partial charge in [0.1, 0.15) is 0 Å². The van der Waals surface area contributed by atoms with Gasteiger partial charge in [-0.05, 0) is 12.1 Å². The number of aromatic hydroxyl groups is 1. The molecule has 1 heterocycles. The number of nitrogens with one attached hydrogen (secondary N) is 1. The van der Waals surface area contributed by atoms with Crippen molar-refractivity contribution in [3.8, 4) is 11.5 Å². The normalized spacial score (nSPS) is 18.2. The van der Waals surface area contributed by atoms with Crippen molar-refractivity contribution in [2.24, 2.45) is 5.41 Å². The lowest BCUT2D eigenvalue weighted by Gasteiger charge is -2.43. The van der Waals surface area contributed by atoms with Gasteiger partial charge >= 0.3 is 0 Å². The van der Waals surface area contributed by atoms with Crippen LogP contribution in [0.4, 0.5) is 0 Å². The predicted molar refractivity (Wildman–Crippen MR) is 90.4 cm³/mol. The number of aliphatic hydroxyl groups excluding tert-OH is 1. The van der Waals surface area contributed by atoms with Crippen molar-refractivity contribution in [2.45, 2.75) is 19.9 Å². The Kier molecular flexibility index (Phi) is 5.71. The topological polar surface area (TPSA) is 65.0 Å². The van der Waals surface area contributed by atoms with E-state index < -0.39 is 0 Å². The molecular weight excluding hydrogens is 348 g/mol. The van der Waals surface area contributed by atoms with E-state index in [0.29, 0.717) is 5.75 Å². The van der Waals surface area contributed by atoms with E-state index in [-0.39, 0.29) is 23.8 Å². The molecule has 1 aliphatic rings. The smallest absolute Gasteiger partial charge is 0.162 e. The molecule has 2 rings (SSSR count). The number of phenolic OH excluding ortho intramolecular Hbond substituents is 1. The molecule has 1 fully saturated rings. The number of rotatable bonds is 5. The Labute approximate surface area is 140 Å². The third-order valence-corrected chi connectivity index (χ3v) is 4.71. The number of ether oxygens (including phenoxy) is 1. The monoisotopic (exact) mass is 372 g/mol. The number of hydrogen-bond donors (Lipinski definition) is 3. The van der Waals surface area contributed by atoms with Crippen LogP contribution in [0, 0.1) is 5.41 Å². The van der Waals surface area contributed by atoms with E-state index in [9.17, 15) is 10.2 Å². The Morgan fingerprint density at radius 3 is 2.55 bits per heavy atom. The number of benzene rings is 1. The molecule has 22 heavy (non-hydrogen) atoms. The Morgan fingerprint density at radius 2 is 2.00 bits per heavy atom.